The molecule has 0 spiro atoms. The molecule has 8 heteroatoms. The molecule has 0 aromatic rings. The monoisotopic (exact) mass is 266 g/mol. The molecule has 86 valence electrons. The van der Waals surface area contributed by atoms with Crippen molar-refractivity contribution >= 4 is 51.5 Å². The molecular formula is C7H15CaO6P. The topological polar surface area (TPSA) is 82.1 Å². The molecule has 0 aromatic heterocycles. The fourth-order valence-electron chi connectivity index (χ4n) is 0.523. The van der Waals surface area contributed by atoms with Gasteiger partial charge in [-0.15, -0.1) is 0 Å². The first-order chi connectivity index (χ1) is 6.52. The van der Waals surface area contributed by atoms with Crippen molar-refractivity contribution in [3.05, 3.63) is 12.7 Å². The summed E-state index contributed by atoms with van der Waals surface area (Å²) in [6.07, 6.45) is 1.35. The van der Waals surface area contributed by atoms with Gasteiger partial charge in [0.1, 0.15) is 0 Å². The van der Waals surface area contributed by atoms with E-state index in [0.29, 0.717) is 6.42 Å². The number of hydrogen-bond acceptors (Lipinski definition) is 5. The number of phosphoric ester groups is 1. The first kappa shape index (κ1) is 18.0. The third-order valence-electron chi connectivity index (χ3n) is 1.18. The van der Waals surface area contributed by atoms with Crippen LogP contribution in [0.3, 0.4) is 0 Å². The van der Waals surface area contributed by atoms with Gasteiger partial charge in [-0.1, -0.05) is 6.58 Å². The number of esters is 1. The van der Waals surface area contributed by atoms with Crippen molar-refractivity contribution < 1.29 is 28.0 Å². The zero-order valence-corrected chi connectivity index (χ0v) is 8.74. The third kappa shape index (κ3) is 10.9. The molecule has 0 aromatic carbocycles. The molecule has 0 radical (unpaired) electrons. The third-order valence-corrected chi connectivity index (χ3v) is 2.16. The summed E-state index contributed by atoms with van der Waals surface area (Å²) in [5.74, 6) is -0.538. The molecule has 1 unspecified atom stereocenters. The number of hydrogen-bond donors (Lipinski definition) is 1. The van der Waals surface area contributed by atoms with Crippen LogP contribution in [0.1, 0.15) is 6.42 Å². The van der Waals surface area contributed by atoms with E-state index < -0.39 is 13.8 Å². The second kappa shape index (κ2) is 9.78. The van der Waals surface area contributed by atoms with E-state index in [2.05, 4.69) is 20.4 Å². The summed E-state index contributed by atoms with van der Waals surface area (Å²) in [5.41, 5.74) is 0. The fraction of sp³-hybridized carbons (Fsp3) is 0.571. The number of carbonyl (C=O) groups is 1. The first-order valence-electron chi connectivity index (χ1n) is 3.84. The van der Waals surface area contributed by atoms with Crippen molar-refractivity contribution in [2.45, 2.75) is 6.42 Å². The van der Waals surface area contributed by atoms with Crippen molar-refractivity contribution in [2.75, 3.05) is 20.3 Å². The Morgan fingerprint density at radius 1 is 1.53 bits per heavy atom. The summed E-state index contributed by atoms with van der Waals surface area (Å²) < 4.78 is 23.9. The molecule has 0 amide bonds. The van der Waals surface area contributed by atoms with Gasteiger partial charge in [0.2, 0.25) is 0 Å². The predicted molar refractivity (Wildman–Crippen MR) is 57.1 cm³/mol. The Balaban J connectivity index is 0. The van der Waals surface area contributed by atoms with E-state index in [1.807, 2.05) is 0 Å². The van der Waals surface area contributed by atoms with Crippen LogP contribution in [0, 0.1) is 0 Å². The number of carbonyl (C=O) groups excluding carboxylic acids is 1. The van der Waals surface area contributed by atoms with Crippen molar-refractivity contribution in [1.29, 1.82) is 0 Å². The van der Waals surface area contributed by atoms with E-state index in [9.17, 15) is 9.36 Å². The summed E-state index contributed by atoms with van der Waals surface area (Å²) in [5, 5.41) is 0. The molecule has 1 N–H and O–H groups in total. The second-order valence-corrected chi connectivity index (χ2v) is 3.77. The van der Waals surface area contributed by atoms with Crippen LogP contribution in [0.25, 0.3) is 0 Å². The van der Waals surface area contributed by atoms with Gasteiger partial charge in [-0.05, 0) is 0 Å². The van der Waals surface area contributed by atoms with Crippen LogP contribution in [0.4, 0.5) is 0 Å². The van der Waals surface area contributed by atoms with Crippen LogP contribution in [0.5, 0.6) is 0 Å². The quantitative estimate of drug-likeness (QED) is 0.229. The van der Waals surface area contributed by atoms with Crippen molar-refractivity contribution in [3.63, 3.8) is 0 Å². The first-order valence-corrected chi connectivity index (χ1v) is 5.33. The number of ether oxygens (including phenoxy) is 1. The van der Waals surface area contributed by atoms with Gasteiger partial charge < -0.3 is 9.63 Å². The molecule has 0 heterocycles. The van der Waals surface area contributed by atoms with Crippen LogP contribution in [-0.4, -0.2) is 68.9 Å². The molecular weight excluding hydrogens is 251 g/mol. The zero-order chi connectivity index (χ0) is 11.0. The summed E-state index contributed by atoms with van der Waals surface area (Å²) in [6, 6.07) is 0. The molecule has 0 aliphatic carbocycles. The molecule has 0 fully saturated rings. The van der Waals surface area contributed by atoms with Gasteiger partial charge in [0, 0.05) is 19.6 Å². The number of rotatable bonds is 7. The van der Waals surface area contributed by atoms with E-state index in [0.717, 1.165) is 13.2 Å². The van der Waals surface area contributed by atoms with Crippen LogP contribution in [-0.2, 0) is 23.1 Å². The minimum absolute atomic E-state index is 0. The summed E-state index contributed by atoms with van der Waals surface area (Å²) in [6.45, 7) is 3.29. The van der Waals surface area contributed by atoms with Crippen LogP contribution in [0.2, 0.25) is 0 Å². The Hall–Kier alpha value is 0.580. The van der Waals surface area contributed by atoms with Crippen LogP contribution < -0.4 is 0 Å². The molecule has 0 saturated carbocycles. The maximum atomic E-state index is 10.7. The van der Waals surface area contributed by atoms with Gasteiger partial charge in [-0.3, -0.25) is 9.05 Å². The summed E-state index contributed by atoms with van der Waals surface area (Å²) in [4.78, 5) is 19.3. The van der Waals surface area contributed by atoms with Gasteiger partial charge in [0.15, 0.2) is 0 Å². The predicted octanol–water partition coefficient (Wildman–Crippen LogP) is -0.0471. The molecule has 0 saturated heterocycles. The standard InChI is InChI=1S/C7H13O6P.Ca.2H/c1-3-7(8)12-5-4-6-13-14(9,10)11-2;;;/h3H,1,4-6H2,2H3,(H,9,10);;;. The normalized spacial score (nSPS) is 13.5. The molecule has 0 rings (SSSR count). The fourth-order valence-corrected chi connectivity index (χ4v) is 0.988. The van der Waals surface area contributed by atoms with Gasteiger partial charge in [-0.25, -0.2) is 9.36 Å². The SMILES string of the molecule is C=CC(=O)OCCCOP(=O)(O)OC.[CaH2]. The van der Waals surface area contributed by atoms with E-state index in [-0.39, 0.29) is 51.0 Å². The van der Waals surface area contributed by atoms with Gasteiger partial charge in [-0.2, -0.15) is 0 Å². The average Bonchev–Trinajstić information content (AvgIpc) is 2.17. The Morgan fingerprint density at radius 2 is 2.13 bits per heavy atom. The Morgan fingerprint density at radius 3 is 2.60 bits per heavy atom. The van der Waals surface area contributed by atoms with Crippen molar-refractivity contribution in [2.24, 2.45) is 0 Å². The summed E-state index contributed by atoms with van der Waals surface area (Å²) in [7, 11) is -2.84. The van der Waals surface area contributed by atoms with E-state index in [1.54, 1.807) is 0 Å². The van der Waals surface area contributed by atoms with Gasteiger partial charge in [0.25, 0.3) is 0 Å². The van der Waals surface area contributed by atoms with E-state index >= 15 is 0 Å². The Bertz CT molecular complexity index is 244. The molecule has 15 heavy (non-hydrogen) atoms. The molecule has 1 atom stereocenters. The van der Waals surface area contributed by atoms with Crippen LogP contribution >= 0.6 is 7.82 Å². The number of phosphoric acid groups is 1. The van der Waals surface area contributed by atoms with E-state index in [4.69, 9.17) is 4.89 Å². The summed E-state index contributed by atoms with van der Waals surface area (Å²) >= 11 is 0. The minimum atomic E-state index is -3.90. The average molecular weight is 266 g/mol. The molecule has 0 aliphatic rings. The van der Waals surface area contributed by atoms with Gasteiger partial charge in [0.05, 0.1) is 13.2 Å². The second-order valence-electron chi connectivity index (χ2n) is 2.21. The Kier molecular flexibility index (Phi) is 11.7. The van der Waals surface area contributed by atoms with Crippen molar-refractivity contribution in [3.8, 4) is 0 Å². The van der Waals surface area contributed by atoms with Crippen LogP contribution in [0.15, 0.2) is 12.7 Å². The maximum absolute atomic E-state index is 10.7. The zero-order valence-electron chi connectivity index (χ0n) is 7.84. The van der Waals surface area contributed by atoms with E-state index in [1.165, 1.54) is 0 Å². The molecule has 6 nitrogen and oxygen atoms in total. The van der Waals surface area contributed by atoms with Crippen molar-refractivity contribution in [1.82, 2.24) is 0 Å². The molecule has 0 bridgehead atoms. The Labute approximate surface area is 118 Å². The molecule has 0 aliphatic heterocycles. The van der Waals surface area contributed by atoms with Gasteiger partial charge >= 0.3 is 51.5 Å².